The van der Waals surface area contributed by atoms with Crippen LogP contribution in [0.5, 0.6) is 5.75 Å². The van der Waals surface area contributed by atoms with Gasteiger partial charge in [-0.25, -0.2) is 8.78 Å². The second kappa shape index (κ2) is 8.39. The lowest BCUT2D eigenvalue weighted by molar-refractivity contribution is -0.133. The maximum Gasteiger partial charge on any atom is 0.254 e. The molecular formula is C18H19F2N3O3. The van der Waals surface area contributed by atoms with E-state index >= 15 is 0 Å². The van der Waals surface area contributed by atoms with Gasteiger partial charge in [0.25, 0.3) is 5.91 Å². The fourth-order valence-corrected chi connectivity index (χ4v) is 2.36. The highest BCUT2D eigenvalue weighted by atomic mass is 19.1. The van der Waals surface area contributed by atoms with Crippen molar-refractivity contribution in [2.45, 2.75) is 19.6 Å². The van der Waals surface area contributed by atoms with E-state index < -0.39 is 35.0 Å². The van der Waals surface area contributed by atoms with Gasteiger partial charge in [-0.2, -0.15) is 0 Å². The quantitative estimate of drug-likeness (QED) is 0.447. The number of amidine groups is 1. The lowest BCUT2D eigenvalue weighted by atomic mass is 10.1. The molecule has 0 aromatic heterocycles. The Kier molecular flexibility index (Phi) is 6.24. The fourth-order valence-electron chi connectivity index (χ4n) is 2.36. The van der Waals surface area contributed by atoms with Crippen LogP contribution in [0.25, 0.3) is 0 Å². The molecule has 0 aliphatic rings. The van der Waals surface area contributed by atoms with Crippen molar-refractivity contribution in [1.29, 1.82) is 5.41 Å². The number of aromatic hydroxyl groups is 1. The number of phenolic OH excluding ortho intramolecular Hbond substituents is 1. The molecule has 0 spiro atoms. The van der Waals surface area contributed by atoms with Crippen LogP contribution in [0.4, 0.5) is 8.78 Å². The van der Waals surface area contributed by atoms with E-state index in [0.29, 0.717) is 11.1 Å². The van der Waals surface area contributed by atoms with E-state index in [2.05, 4.69) is 5.32 Å². The monoisotopic (exact) mass is 363 g/mol. The van der Waals surface area contributed by atoms with Gasteiger partial charge in [0.1, 0.15) is 23.2 Å². The van der Waals surface area contributed by atoms with Crippen LogP contribution in [-0.2, 0) is 16.1 Å². The zero-order chi connectivity index (χ0) is 19.3. The molecule has 1 amide bonds. The minimum absolute atomic E-state index is 0.0607. The first kappa shape index (κ1) is 19.3. The van der Waals surface area contributed by atoms with E-state index in [0.717, 1.165) is 12.1 Å². The number of halogens is 2. The number of nitrogens with two attached hydrogens (primary N) is 1. The highest BCUT2D eigenvalue weighted by molar-refractivity contribution is 5.94. The van der Waals surface area contributed by atoms with Crippen molar-refractivity contribution in [2.75, 3.05) is 6.61 Å². The zero-order valence-electron chi connectivity index (χ0n) is 14.1. The molecule has 2 aromatic rings. The molecule has 0 fully saturated rings. The molecule has 1 unspecified atom stereocenters. The zero-order valence-corrected chi connectivity index (χ0v) is 14.1. The molecule has 0 aliphatic carbocycles. The van der Waals surface area contributed by atoms with Crippen LogP contribution in [0.1, 0.15) is 29.7 Å². The van der Waals surface area contributed by atoms with Gasteiger partial charge in [-0.1, -0.05) is 24.3 Å². The Labute approximate surface area is 149 Å². The summed E-state index contributed by atoms with van der Waals surface area (Å²) in [7, 11) is 0. The molecule has 0 saturated carbocycles. The minimum atomic E-state index is -1.49. The van der Waals surface area contributed by atoms with Gasteiger partial charge in [-0.15, -0.1) is 0 Å². The third-order valence-electron chi connectivity index (χ3n) is 3.63. The van der Waals surface area contributed by atoms with Gasteiger partial charge >= 0.3 is 0 Å². The van der Waals surface area contributed by atoms with Crippen molar-refractivity contribution in [2.24, 2.45) is 5.73 Å². The number of benzene rings is 2. The first-order valence-electron chi connectivity index (χ1n) is 7.84. The molecule has 138 valence electrons. The molecule has 26 heavy (non-hydrogen) atoms. The van der Waals surface area contributed by atoms with Crippen molar-refractivity contribution in [3.8, 4) is 5.75 Å². The van der Waals surface area contributed by atoms with Gasteiger partial charge < -0.3 is 20.9 Å². The number of phenols is 1. The van der Waals surface area contributed by atoms with E-state index in [1.807, 2.05) is 0 Å². The second-order valence-corrected chi connectivity index (χ2v) is 5.49. The molecule has 2 rings (SSSR count). The lowest BCUT2D eigenvalue weighted by Crippen LogP contribution is -2.31. The molecule has 2 aromatic carbocycles. The maximum absolute atomic E-state index is 14.0. The number of carbonyl (C=O) groups is 1. The van der Waals surface area contributed by atoms with Gasteiger partial charge in [-0.3, -0.25) is 10.2 Å². The first-order valence-corrected chi connectivity index (χ1v) is 7.84. The molecule has 6 nitrogen and oxygen atoms in total. The van der Waals surface area contributed by atoms with Crippen molar-refractivity contribution in [3.63, 3.8) is 0 Å². The third kappa shape index (κ3) is 4.54. The third-order valence-corrected chi connectivity index (χ3v) is 3.63. The summed E-state index contributed by atoms with van der Waals surface area (Å²) in [5.74, 6) is -3.50. The summed E-state index contributed by atoms with van der Waals surface area (Å²) in [6, 6.07) is 8.05. The van der Waals surface area contributed by atoms with Crippen LogP contribution < -0.4 is 11.1 Å². The first-order chi connectivity index (χ1) is 12.3. The number of carbonyl (C=O) groups excluding carboxylic acids is 1. The number of rotatable bonds is 7. The molecular weight excluding hydrogens is 344 g/mol. The average Bonchev–Trinajstić information content (AvgIpc) is 2.58. The van der Waals surface area contributed by atoms with Gasteiger partial charge in [-0.05, 0) is 12.5 Å². The summed E-state index contributed by atoms with van der Waals surface area (Å²) in [6.45, 7) is 1.75. The summed E-state index contributed by atoms with van der Waals surface area (Å²) in [5.41, 5.74) is 6.06. The Morgan fingerprint density at radius 2 is 1.85 bits per heavy atom. The topological polar surface area (TPSA) is 108 Å². The van der Waals surface area contributed by atoms with Crippen molar-refractivity contribution in [1.82, 2.24) is 5.32 Å². The van der Waals surface area contributed by atoms with E-state index in [9.17, 15) is 18.7 Å². The molecule has 0 heterocycles. The Morgan fingerprint density at radius 3 is 2.35 bits per heavy atom. The minimum Gasteiger partial charge on any atom is -0.508 e. The molecule has 1 atom stereocenters. The van der Waals surface area contributed by atoms with Crippen molar-refractivity contribution >= 4 is 11.7 Å². The summed E-state index contributed by atoms with van der Waals surface area (Å²) >= 11 is 0. The molecule has 0 bridgehead atoms. The number of nitrogen functional groups attached to an aromatic ring is 1. The maximum atomic E-state index is 14.0. The predicted octanol–water partition coefficient (Wildman–Crippen LogP) is 2.35. The number of hydrogen-bond acceptors (Lipinski definition) is 4. The Hall–Kier alpha value is -3.00. The number of amides is 1. The normalized spacial score (nSPS) is 11.8. The van der Waals surface area contributed by atoms with E-state index in [-0.39, 0.29) is 19.0 Å². The van der Waals surface area contributed by atoms with E-state index in [4.69, 9.17) is 15.9 Å². The van der Waals surface area contributed by atoms with Crippen LogP contribution in [0, 0.1) is 17.0 Å². The molecule has 0 saturated heterocycles. The molecule has 5 N–H and O–H groups in total. The predicted molar refractivity (Wildman–Crippen MR) is 91.7 cm³/mol. The lowest BCUT2D eigenvalue weighted by Gasteiger charge is -2.18. The van der Waals surface area contributed by atoms with E-state index in [1.165, 1.54) is 0 Å². The van der Waals surface area contributed by atoms with Crippen LogP contribution in [0.3, 0.4) is 0 Å². The Balaban J connectivity index is 2.15. The Bertz CT molecular complexity index is 787. The van der Waals surface area contributed by atoms with E-state index in [1.54, 1.807) is 31.2 Å². The number of hydrogen-bond donors (Lipinski definition) is 4. The van der Waals surface area contributed by atoms with Gasteiger partial charge in [0, 0.05) is 30.8 Å². The number of nitrogens with one attached hydrogen (secondary N) is 2. The molecule has 8 heteroatoms. The standard InChI is InChI=1S/C18H19F2N3O3/c1-2-26-16(15-13(19)7-12(24)8-14(15)20)18(25)23-9-10-3-5-11(6-4-10)17(21)22/h3-8,16,24H,2,9H2,1H3,(H3,21,22)(H,23,25). The highest BCUT2D eigenvalue weighted by Gasteiger charge is 2.28. The second-order valence-electron chi connectivity index (χ2n) is 5.49. The van der Waals surface area contributed by atoms with Crippen LogP contribution in [-0.4, -0.2) is 23.5 Å². The van der Waals surface area contributed by atoms with Crippen LogP contribution >= 0.6 is 0 Å². The SMILES string of the molecule is CCOC(C(=O)NCc1ccc(C(=N)N)cc1)c1c(F)cc(O)cc1F. The van der Waals surface area contributed by atoms with Crippen LogP contribution in [0.15, 0.2) is 36.4 Å². The summed E-state index contributed by atoms with van der Waals surface area (Å²) < 4.78 is 33.3. The van der Waals surface area contributed by atoms with Gasteiger partial charge in [0.15, 0.2) is 6.10 Å². The van der Waals surface area contributed by atoms with Crippen molar-refractivity contribution in [3.05, 3.63) is 64.7 Å². The summed E-state index contributed by atoms with van der Waals surface area (Å²) in [4.78, 5) is 12.4. The van der Waals surface area contributed by atoms with Gasteiger partial charge in [0.05, 0.1) is 5.56 Å². The molecule has 0 radical (unpaired) electrons. The van der Waals surface area contributed by atoms with Gasteiger partial charge in [0.2, 0.25) is 0 Å². The van der Waals surface area contributed by atoms with Crippen LogP contribution in [0.2, 0.25) is 0 Å². The Morgan fingerprint density at radius 1 is 1.27 bits per heavy atom. The fraction of sp³-hybridized carbons (Fsp3) is 0.222. The average molecular weight is 363 g/mol. The van der Waals surface area contributed by atoms with Crippen molar-refractivity contribution < 1.29 is 23.4 Å². The highest BCUT2D eigenvalue weighted by Crippen LogP contribution is 2.27. The summed E-state index contributed by atoms with van der Waals surface area (Å²) in [5, 5.41) is 19.1. The number of ether oxygens (including phenoxy) is 1. The summed E-state index contributed by atoms with van der Waals surface area (Å²) in [6.07, 6.45) is -1.49. The molecule has 0 aliphatic heterocycles. The largest absolute Gasteiger partial charge is 0.508 e. The smallest absolute Gasteiger partial charge is 0.254 e.